The molecule has 1 aromatic rings. The van der Waals surface area contributed by atoms with Crippen LogP contribution in [0.3, 0.4) is 0 Å². The largest absolute Gasteiger partial charge is 0.489 e. The molecular formula is C16H22N2O3. The minimum Gasteiger partial charge on any atom is -0.489 e. The van der Waals surface area contributed by atoms with Crippen LogP contribution in [0.5, 0.6) is 11.5 Å². The molecule has 2 aliphatic rings. The number of benzene rings is 1. The lowest BCUT2D eigenvalue weighted by molar-refractivity contribution is -0.124. The van der Waals surface area contributed by atoms with Crippen LogP contribution in [0.2, 0.25) is 0 Å². The van der Waals surface area contributed by atoms with Crippen molar-refractivity contribution in [2.45, 2.75) is 38.3 Å². The van der Waals surface area contributed by atoms with E-state index in [0.717, 1.165) is 30.9 Å². The number of nitrogens with two attached hydrogens (primary N) is 1. The van der Waals surface area contributed by atoms with Gasteiger partial charge in [-0.2, -0.15) is 0 Å². The van der Waals surface area contributed by atoms with E-state index in [1.807, 2.05) is 12.1 Å². The SMILES string of the molecule is NC(=O)C1CCOc2c(CN3CCCCC3)cccc2O1. The lowest BCUT2D eigenvalue weighted by Crippen LogP contribution is -2.33. The molecule has 0 saturated carbocycles. The Morgan fingerprint density at radius 1 is 1.29 bits per heavy atom. The molecule has 1 unspecified atom stereocenters. The fraction of sp³-hybridized carbons (Fsp3) is 0.562. The van der Waals surface area contributed by atoms with E-state index in [1.54, 1.807) is 0 Å². The van der Waals surface area contributed by atoms with Gasteiger partial charge in [-0.3, -0.25) is 9.69 Å². The van der Waals surface area contributed by atoms with Crippen molar-refractivity contribution < 1.29 is 14.3 Å². The molecule has 1 saturated heterocycles. The summed E-state index contributed by atoms with van der Waals surface area (Å²) in [5, 5.41) is 0. The third kappa shape index (κ3) is 3.29. The van der Waals surface area contributed by atoms with Crippen molar-refractivity contribution in [2.24, 2.45) is 5.73 Å². The highest BCUT2D eigenvalue weighted by Gasteiger charge is 2.25. The van der Waals surface area contributed by atoms with Gasteiger partial charge in [0.25, 0.3) is 5.91 Å². The van der Waals surface area contributed by atoms with E-state index in [0.29, 0.717) is 18.8 Å². The molecule has 3 rings (SSSR count). The first-order valence-electron chi connectivity index (χ1n) is 7.67. The van der Waals surface area contributed by atoms with Gasteiger partial charge >= 0.3 is 0 Å². The molecule has 21 heavy (non-hydrogen) atoms. The van der Waals surface area contributed by atoms with Crippen molar-refractivity contribution in [2.75, 3.05) is 19.7 Å². The van der Waals surface area contributed by atoms with Crippen molar-refractivity contribution in [1.82, 2.24) is 4.90 Å². The average molecular weight is 290 g/mol. The molecule has 1 amide bonds. The van der Waals surface area contributed by atoms with Gasteiger partial charge < -0.3 is 15.2 Å². The summed E-state index contributed by atoms with van der Waals surface area (Å²) in [6.07, 6.45) is 3.74. The Morgan fingerprint density at radius 2 is 2.10 bits per heavy atom. The van der Waals surface area contributed by atoms with E-state index in [9.17, 15) is 4.79 Å². The molecule has 0 aromatic heterocycles. The Kier molecular flexibility index (Phi) is 4.29. The highest BCUT2D eigenvalue weighted by atomic mass is 16.5. The third-order valence-corrected chi connectivity index (χ3v) is 4.12. The van der Waals surface area contributed by atoms with Gasteiger partial charge in [0.2, 0.25) is 0 Å². The van der Waals surface area contributed by atoms with Crippen LogP contribution in [0.25, 0.3) is 0 Å². The molecule has 114 valence electrons. The highest BCUT2D eigenvalue weighted by molar-refractivity contribution is 5.79. The molecular weight excluding hydrogens is 268 g/mol. The van der Waals surface area contributed by atoms with E-state index in [-0.39, 0.29) is 0 Å². The minimum atomic E-state index is -0.600. The first kappa shape index (κ1) is 14.2. The molecule has 0 radical (unpaired) electrons. The number of primary amides is 1. The standard InChI is InChI=1S/C16H22N2O3/c17-16(19)14-7-10-20-15-12(5-4-6-13(15)21-14)11-18-8-2-1-3-9-18/h4-6,14H,1-3,7-11H2,(H2,17,19). The van der Waals surface area contributed by atoms with Crippen LogP contribution < -0.4 is 15.2 Å². The van der Waals surface area contributed by atoms with Crippen molar-refractivity contribution >= 4 is 5.91 Å². The summed E-state index contributed by atoms with van der Waals surface area (Å²) < 4.78 is 11.6. The molecule has 0 aliphatic carbocycles. The zero-order valence-corrected chi connectivity index (χ0v) is 12.2. The predicted molar refractivity (Wildman–Crippen MR) is 79.3 cm³/mol. The van der Waals surface area contributed by atoms with E-state index in [4.69, 9.17) is 15.2 Å². The molecule has 1 atom stereocenters. The normalized spacial score (nSPS) is 22.6. The number of carbonyl (C=O) groups is 1. The van der Waals surface area contributed by atoms with Crippen molar-refractivity contribution in [3.8, 4) is 11.5 Å². The Hall–Kier alpha value is -1.75. The maximum atomic E-state index is 11.4. The summed E-state index contributed by atoms with van der Waals surface area (Å²) in [5.41, 5.74) is 6.48. The van der Waals surface area contributed by atoms with Crippen LogP contribution in [0.1, 0.15) is 31.2 Å². The molecule has 2 aliphatic heterocycles. The van der Waals surface area contributed by atoms with Crippen LogP contribution in [0, 0.1) is 0 Å². The quantitative estimate of drug-likeness (QED) is 0.920. The van der Waals surface area contributed by atoms with Gasteiger partial charge in [0.05, 0.1) is 6.61 Å². The Balaban J connectivity index is 1.79. The molecule has 2 N–H and O–H groups in total. The highest BCUT2D eigenvalue weighted by Crippen LogP contribution is 2.35. The Morgan fingerprint density at radius 3 is 2.86 bits per heavy atom. The zero-order valence-electron chi connectivity index (χ0n) is 12.2. The number of hydrogen-bond donors (Lipinski definition) is 1. The summed E-state index contributed by atoms with van der Waals surface area (Å²) in [5.74, 6) is 0.963. The van der Waals surface area contributed by atoms with Crippen molar-refractivity contribution in [1.29, 1.82) is 0 Å². The first-order valence-corrected chi connectivity index (χ1v) is 7.67. The Bertz CT molecular complexity index is 512. The molecule has 0 bridgehead atoms. The van der Waals surface area contributed by atoms with Gasteiger partial charge in [0, 0.05) is 18.5 Å². The molecule has 2 heterocycles. The summed E-state index contributed by atoms with van der Waals surface area (Å²) in [7, 11) is 0. The third-order valence-electron chi connectivity index (χ3n) is 4.12. The average Bonchev–Trinajstić information content (AvgIpc) is 2.71. The number of piperidine rings is 1. The van der Waals surface area contributed by atoms with Gasteiger partial charge in [-0.15, -0.1) is 0 Å². The lowest BCUT2D eigenvalue weighted by atomic mass is 10.1. The van der Waals surface area contributed by atoms with E-state index in [2.05, 4.69) is 11.0 Å². The zero-order chi connectivity index (χ0) is 14.7. The predicted octanol–water partition coefficient (Wildman–Crippen LogP) is 1.69. The topological polar surface area (TPSA) is 64.8 Å². The number of rotatable bonds is 3. The van der Waals surface area contributed by atoms with Crippen LogP contribution in [0.4, 0.5) is 0 Å². The smallest absolute Gasteiger partial charge is 0.258 e. The van der Waals surface area contributed by atoms with Gasteiger partial charge in [0.1, 0.15) is 0 Å². The number of para-hydroxylation sites is 1. The van der Waals surface area contributed by atoms with Crippen LogP contribution in [-0.2, 0) is 11.3 Å². The number of amides is 1. The number of hydrogen-bond acceptors (Lipinski definition) is 4. The summed E-state index contributed by atoms with van der Waals surface area (Å²) in [4.78, 5) is 13.8. The molecule has 0 spiro atoms. The maximum Gasteiger partial charge on any atom is 0.258 e. The number of fused-ring (bicyclic) bond motifs is 1. The molecule has 5 heteroatoms. The van der Waals surface area contributed by atoms with Crippen LogP contribution >= 0.6 is 0 Å². The first-order chi connectivity index (χ1) is 10.2. The number of carbonyl (C=O) groups excluding carboxylic acids is 1. The number of likely N-dealkylation sites (tertiary alicyclic amines) is 1. The van der Waals surface area contributed by atoms with Gasteiger partial charge in [-0.25, -0.2) is 0 Å². The van der Waals surface area contributed by atoms with E-state index < -0.39 is 12.0 Å². The second kappa shape index (κ2) is 6.35. The fourth-order valence-corrected chi connectivity index (χ4v) is 2.98. The lowest BCUT2D eigenvalue weighted by Gasteiger charge is -2.27. The molecule has 5 nitrogen and oxygen atoms in total. The second-order valence-electron chi connectivity index (χ2n) is 5.73. The summed E-state index contributed by atoms with van der Waals surface area (Å²) in [6.45, 7) is 3.59. The second-order valence-corrected chi connectivity index (χ2v) is 5.73. The van der Waals surface area contributed by atoms with Gasteiger partial charge in [-0.05, 0) is 32.0 Å². The van der Waals surface area contributed by atoms with Gasteiger partial charge in [-0.1, -0.05) is 18.6 Å². The van der Waals surface area contributed by atoms with E-state index >= 15 is 0 Å². The van der Waals surface area contributed by atoms with E-state index in [1.165, 1.54) is 19.3 Å². The fourth-order valence-electron chi connectivity index (χ4n) is 2.98. The number of ether oxygens (including phenoxy) is 2. The van der Waals surface area contributed by atoms with Crippen LogP contribution in [-0.4, -0.2) is 36.6 Å². The monoisotopic (exact) mass is 290 g/mol. The molecule has 1 aromatic carbocycles. The summed E-state index contributed by atoms with van der Waals surface area (Å²) >= 11 is 0. The van der Waals surface area contributed by atoms with Gasteiger partial charge in [0.15, 0.2) is 17.6 Å². The maximum absolute atomic E-state index is 11.4. The Labute approximate surface area is 125 Å². The molecule has 1 fully saturated rings. The van der Waals surface area contributed by atoms with Crippen molar-refractivity contribution in [3.05, 3.63) is 23.8 Å². The van der Waals surface area contributed by atoms with Crippen LogP contribution in [0.15, 0.2) is 18.2 Å². The number of nitrogens with zero attached hydrogens (tertiary/aromatic N) is 1. The van der Waals surface area contributed by atoms with Crippen molar-refractivity contribution in [3.63, 3.8) is 0 Å². The summed E-state index contributed by atoms with van der Waals surface area (Å²) in [6, 6.07) is 5.86. The minimum absolute atomic E-state index is 0.437.